The summed E-state index contributed by atoms with van der Waals surface area (Å²) in [6.07, 6.45) is 21.0. The first-order valence-corrected chi connectivity index (χ1v) is 12.1. The monoisotopic (exact) mass is 388 g/mol. The normalized spacial score (nSPS) is 31.9. The molecule has 0 unspecified atom stereocenters. The number of hydrogen-bond acceptors (Lipinski definition) is 0. The fourth-order valence-electron chi connectivity index (χ4n) is 6.63. The van der Waals surface area contributed by atoms with Crippen molar-refractivity contribution in [1.29, 1.82) is 0 Å². The molecule has 3 aliphatic carbocycles. The maximum atomic E-state index is 13.4. The van der Waals surface area contributed by atoms with Crippen molar-refractivity contribution in [3.63, 3.8) is 0 Å². The Morgan fingerprint density at radius 2 is 1.21 bits per heavy atom. The van der Waals surface area contributed by atoms with E-state index < -0.39 is 11.6 Å². The topological polar surface area (TPSA) is 0 Å². The maximum Gasteiger partial charge on any atom is 0.159 e. The lowest BCUT2D eigenvalue weighted by molar-refractivity contribution is 0.135. The highest BCUT2D eigenvalue weighted by Gasteiger charge is 2.31. The van der Waals surface area contributed by atoms with E-state index in [1.54, 1.807) is 6.07 Å². The Labute approximate surface area is 170 Å². The number of hydrogen-bond donors (Lipinski definition) is 0. The zero-order valence-electron chi connectivity index (χ0n) is 17.5. The van der Waals surface area contributed by atoms with Gasteiger partial charge in [0.2, 0.25) is 0 Å². The van der Waals surface area contributed by atoms with E-state index in [0.717, 1.165) is 48.0 Å². The van der Waals surface area contributed by atoms with Gasteiger partial charge in [0.15, 0.2) is 11.6 Å². The van der Waals surface area contributed by atoms with Crippen LogP contribution in [0.5, 0.6) is 0 Å². The van der Waals surface area contributed by atoms with Crippen LogP contribution in [0.4, 0.5) is 8.78 Å². The van der Waals surface area contributed by atoms with E-state index in [2.05, 4.69) is 0 Å². The number of halogens is 2. The van der Waals surface area contributed by atoms with Gasteiger partial charge in [-0.1, -0.05) is 57.4 Å². The molecule has 0 bridgehead atoms. The minimum Gasteiger partial charge on any atom is -0.204 e. The van der Waals surface area contributed by atoms with Crippen LogP contribution in [0.1, 0.15) is 95.5 Å². The lowest BCUT2D eigenvalue weighted by atomic mass is 9.67. The van der Waals surface area contributed by atoms with Gasteiger partial charge in [-0.25, -0.2) is 8.78 Å². The molecule has 0 aromatic heterocycles. The predicted octanol–water partition coefficient (Wildman–Crippen LogP) is 8.09. The highest BCUT2D eigenvalue weighted by Crippen LogP contribution is 2.44. The molecule has 0 nitrogen and oxygen atoms in total. The number of aryl methyl sites for hydroxylation is 1. The quantitative estimate of drug-likeness (QED) is 0.462. The average molecular weight is 389 g/mol. The zero-order chi connectivity index (χ0) is 19.3. The molecule has 0 amide bonds. The van der Waals surface area contributed by atoms with Crippen LogP contribution >= 0.6 is 0 Å². The summed E-state index contributed by atoms with van der Waals surface area (Å²) in [6, 6.07) is 4.39. The van der Waals surface area contributed by atoms with E-state index in [4.69, 9.17) is 0 Å². The molecule has 3 saturated carbocycles. The SMILES string of the molecule is Fc1ccc(CC[C@H]2CC[C@H]([C@H]3CC[C@H](CC4CCCC4)CC3)CC2)cc1F. The summed E-state index contributed by atoms with van der Waals surface area (Å²) in [5.41, 5.74) is 0.946. The van der Waals surface area contributed by atoms with Crippen LogP contribution in [-0.4, -0.2) is 0 Å². The standard InChI is InChI=1S/C26H38F2/c27-25-16-11-22(18-26(25)28)6-5-19-7-12-23(13-8-19)24-14-9-21(10-15-24)17-20-3-1-2-4-20/h11,16,18-21,23-24H,1-10,12-15,17H2/t19-,21-,23-,24-. The maximum absolute atomic E-state index is 13.4. The van der Waals surface area contributed by atoms with Crippen LogP contribution in [0.2, 0.25) is 0 Å². The smallest absolute Gasteiger partial charge is 0.159 e. The largest absolute Gasteiger partial charge is 0.204 e. The molecule has 3 aliphatic rings. The average Bonchev–Trinajstić information content (AvgIpc) is 3.23. The van der Waals surface area contributed by atoms with Crippen molar-refractivity contribution in [2.24, 2.45) is 29.6 Å². The van der Waals surface area contributed by atoms with Crippen molar-refractivity contribution < 1.29 is 8.78 Å². The van der Waals surface area contributed by atoms with E-state index in [1.165, 1.54) is 95.6 Å². The van der Waals surface area contributed by atoms with Gasteiger partial charge in [-0.3, -0.25) is 0 Å². The van der Waals surface area contributed by atoms with Crippen molar-refractivity contribution in [3.8, 4) is 0 Å². The van der Waals surface area contributed by atoms with Crippen molar-refractivity contribution in [2.75, 3.05) is 0 Å². The van der Waals surface area contributed by atoms with Crippen molar-refractivity contribution in [1.82, 2.24) is 0 Å². The third-order valence-electron chi connectivity index (χ3n) is 8.42. The summed E-state index contributed by atoms with van der Waals surface area (Å²) in [5.74, 6) is 3.40. The van der Waals surface area contributed by atoms with Gasteiger partial charge in [-0.05, 0) is 92.2 Å². The van der Waals surface area contributed by atoms with Crippen LogP contribution in [-0.2, 0) is 6.42 Å². The summed E-state index contributed by atoms with van der Waals surface area (Å²) in [5, 5.41) is 0. The van der Waals surface area contributed by atoms with Gasteiger partial charge in [0, 0.05) is 0 Å². The second kappa shape index (κ2) is 9.72. The molecule has 2 heteroatoms. The molecule has 0 atom stereocenters. The van der Waals surface area contributed by atoms with Gasteiger partial charge < -0.3 is 0 Å². The van der Waals surface area contributed by atoms with Crippen molar-refractivity contribution in [2.45, 2.75) is 96.3 Å². The Morgan fingerprint density at radius 1 is 0.643 bits per heavy atom. The van der Waals surface area contributed by atoms with Gasteiger partial charge in [0.05, 0.1) is 0 Å². The highest BCUT2D eigenvalue weighted by atomic mass is 19.2. The molecule has 156 valence electrons. The van der Waals surface area contributed by atoms with Crippen LogP contribution in [0.3, 0.4) is 0 Å². The minimum atomic E-state index is -0.734. The molecule has 3 fully saturated rings. The molecule has 0 heterocycles. The fourth-order valence-corrected chi connectivity index (χ4v) is 6.63. The predicted molar refractivity (Wildman–Crippen MR) is 112 cm³/mol. The van der Waals surface area contributed by atoms with Crippen LogP contribution in [0.15, 0.2) is 18.2 Å². The fraction of sp³-hybridized carbons (Fsp3) is 0.769. The molecule has 4 rings (SSSR count). The van der Waals surface area contributed by atoms with E-state index in [-0.39, 0.29) is 0 Å². The van der Waals surface area contributed by atoms with Crippen molar-refractivity contribution in [3.05, 3.63) is 35.4 Å². The van der Waals surface area contributed by atoms with Gasteiger partial charge in [0.1, 0.15) is 0 Å². The molecule has 0 N–H and O–H groups in total. The molecular weight excluding hydrogens is 350 g/mol. The Balaban J connectivity index is 1.15. The Kier molecular flexibility index (Phi) is 7.07. The van der Waals surface area contributed by atoms with Crippen molar-refractivity contribution >= 4 is 0 Å². The van der Waals surface area contributed by atoms with Gasteiger partial charge >= 0.3 is 0 Å². The lowest BCUT2D eigenvalue weighted by Gasteiger charge is -2.38. The summed E-state index contributed by atoms with van der Waals surface area (Å²) in [6.45, 7) is 0. The van der Waals surface area contributed by atoms with E-state index in [9.17, 15) is 8.78 Å². The summed E-state index contributed by atoms with van der Waals surface area (Å²) >= 11 is 0. The number of benzene rings is 1. The molecule has 0 spiro atoms. The second-order valence-corrected chi connectivity index (χ2v) is 10.2. The van der Waals surface area contributed by atoms with E-state index in [1.807, 2.05) is 0 Å². The number of rotatable bonds is 6. The minimum absolute atomic E-state index is 0.704. The first-order valence-electron chi connectivity index (χ1n) is 12.1. The van der Waals surface area contributed by atoms with E-state index >= 15 is 0 Å². The van der Waals surface area contributed by atoms with Gasteiger partial charge in [0.25, 0.3) is 0 Å². The highest BCUT2D eigenvalue weighted by molar-refractivity contribution is 5.17. The summed E-state index contributed by atoms with van der Waals surface area (Å²) in [4.78, 5) is 0. The third-order valence-corrected chi connectivity index (χ3v) is 8.42. The van der Waals surface area contributed by atoms with Crippen LogP contribution in [0.25, 0.3) is 0 Å². The van der Waals surface area contributed by atoms with Crippen LogP contribution < -0.4 is 0 Å². The molecule has 1 aromatic carbocycles. The zero-order valence-corrected chi connectivity index (χ0v) is 17.5. The first-order chi connectivity index (χ1) is 13.7. The van der Waals surface area contributed by atoms with E-state index in [0.29, 0.717) is 0 Å². The third kappa shape index (κ3) is 5.36. The lowest BCUT2D eigenvalue weighted by Crippen LogP contribution is -2.26. The van der Waals surface area contributed by atoms with Gasteiger partial charge in [-0.15, -0.1) is 0 Å². The molecule has 0 saturated heterocycles. The second-order valence-electron chi connectivity index (χ2n) is 10.2. The molecule has 28 heavy (non-hydrogen) atoms. The first kappa shape index (κ1) is 20.4. The van der Waals surface area contributed by atoms with Gasteiger partial charge in [-0.2, -0.15) is 0 Å². The summed E-state index contributed by atoms with van der Waals surface area (Å²) in [7, 11) is 0. The summed E-state index contributed by atoms with van der Waals surface area (Å²) < 4.78 is 26.4. The van der Waals surface area contributed by atoms with Crippen LogP contribution in [0, 0.1) is 41.2 Å². The Hall–Kier alpha value is -0.920. The Morgan fingerprint density at radius 3 is 1.82 bits per heavy atom. The Bertz CT molecular complexity index is 603. The molecule has 0 radical (unpaired) electrons. The molecule has 1 aromatic rings. The molecule has 0 aliphatic heterocycles. The molecular formula is C26H38F2.